The summed E-state index contributed by atoms with van der Waals surface area (Å²) in [6.07, 6.45) is 11.5. The van der Waals surface area contributed by atoms with E-state index in [1.54, 1.807) is 5.57 Å². The van der Waals surface area contributed by atoms with Gasteiger partial charge in [0.15, 0.2) is 0 Å². The quantitative estimate of drug-likeness (QED) is 0.722. The largest absolute Gasteiger partial charge is 0.393 e. The number of Topliss-reactive ketones (excluding diaryl/α,β-unsaturated/α-hetero) is 1. The van der Waals surface area contributed by atoms with Gasteiger partial charge >= 0.3 is 0 Å². The van der Waals surface area contributed by atoms with Crippen molar-refractivity contribution in [1.82, 2.24) is 0 Å². The second-order valence-corrected chi connectivity index (χ2v) is 9.44. The van der Waals surface area contributed by atoms with Crippen LogP contribution in [0.2, 0.25) is 0 Å². The van der Waals surface area contributed by atoms with E-state index in [9.17, 15) is 9.90 Å². The first-order valence-electron chi connectivity index (χ1n) is 9.74. The number of fused-ring (bicyclic) bond motifs is 5. The van der Waals surface area contributed by atoms with Gasteiger partial charge in [-0.25, -0.2) is 0 Å². The van der Waals surface area contributed by atoms with E-state index in [1.165, 1.54) is 25.7 Å². The second kappa shape index (κ2) is 5.18. The van der Waals surface area contributed by atoms with Crippen molar-refractivity contribution < 1.29 is 9.90 Å². The average molecular weight is 316 g/mol. The van der Waals surface area contributed by atoms with Gasteiger partial charge in [-0.2, -0.15) is 0 Å². The summed E-state index contributed by atoms with van der Waals surface area (Å²) < 4.78 is 0. The molecule has 4 rings (SSSR count). The molecular formula is C21H32O2. The highest BCUT2D eigenvalue weighted by molar-refractivity contribution is 5.79. The number of rotatable bonds is 1. The summed E-state index contributed by atoms with van der Waals surface area (Å²) in [5.74, 6) is 3.00. The van der Waals surface area contributed by atoms with Gasteiger partial charge in [-0.15, -0.1) is 0 Å². The van der Waals surface area contributed by atoms with E-state index < -0.39 is 0 Å². The highest BCUT2D eigenvalue weighted by Gasteiger charge is 2.59. The van der Waals surface area contributed by atoms with Gasteiger partial charge in [-0.05, 0) is 86.9 Å². The molecule has 4 aliphatic rings. The van der Waals surface area contributed by atoms with E-state index >= 15 is 0 Å². The van der Waals surface area contributed by atoms with Crippen molar-refractivity contribution in [2.75, 3.05) is 0 Å². The van der Waals surface area contributed by atoms with Crippen LogP contribution in [-0.2, 0) is 4.79 Å². The van der Waals surface area contributed by atoms with E-state index in [2.05, 4.69) is 19.9 Å². The smallest absolute Gasteiger partial charge is 0.133 e. The Hall–Kier alpha value is -0.630. The third-order valence-electron chi connectivity index (χ3n) is 8.57. The van der Waals surface area contributed by atoms with Crippen molar-refractivity contribution in [2.24, 2.45) is 34.5 Å². The number of carbonyl (C=O) groups excluding carboxylic acids is 1. The first kappa shape index (κ1) is 15.9. The Morgan fingerprint density at radius 1 is 1.13 bits per heavy atom. The fourth-order valence-electron chi connectivity index (χ4n) is 7.31. The Kier molecular flexibility index (Phi) is 3.58. The lowest BCUT2D eigenvalue weighted by atomic mass is 9.47. The summed E-state index contributed by atoms with van der Waals surface area (Å²) >= 11 is 0. The molecule has 0 aromatic carbocycles. The Balaban J connectivity index is 1.66. The molecule has 128 valence electrons. The summed E-state index contributed by atoms with van der Waals surface area (Å²) in [6, 6.07) is 0. The molecule has 7 atom stereocenters. The Morgan fingerprint density at radius 3 is 2.65 bits per heavy atom. The fraction of sp³-hybridized carbons (Fsp3) is 0.857. The van der Waals surface area contributed by atoms with Gasteiger partial charge in [-0.3, -0.25) is 4.79 Å². The normalized spacial score (nSPS) is 52.2. The molecule has 0 aliphatic heterocycles. The average Bonchev–Trinajstić information content (AvgIpc) is 2.85. The SMILES string of the molecule is CC(=O)[C@H]1CC[C@H]2[C@@H]3CC=C4C[C@H](O)CC[C@]4(C)[C@H]3CC[C@]12C. The van der Waals surface area contributed by atoms with Crippen LogP contribution in [0.25, 0.3) is 0 Å². The van der Waals surface area contributed by atoms with Gasteiger partial charge in [0.1, 0.15) is 5.78 Å². The maximum Gasteiger partial charge on any atom is 0.133 e. The van der Waals surface area contributed by atoms with Crippen molar-refractivity contribution in [2.45, 2.75) is 78.2 Å². The molecule has 3 saturated carbocycles. The van der Waals surface area contributed by atoms with Crippen LogP contribution < -0.4 is 0 Å². The molecule has 0 aromatic heterocycles. The minimum Gasteiger partial charge on any atom is -0.393 e. The Labute approximate surface area is 140 Å². The summed E-state index contributed by atoms with van der Waals surface area (Å²) in [5.41, 5.74) is 2.11. The van der Waals surface area contributed by atoms with Crippen LogP contribution in [0.15, 0.2) is 11.6 Å². The van der Waals surface area contributed by atoms with Crippen LogP contribution in [0.3, 0.4) is 0 Å². The summed E-state index contributed by atoms with van der Waals surface area (Å²) in [4.78, 5) is 12.2. The molecule has 0 aromatic rings. The minimum atomic E-state index is -0.117. The van der Waals surface area contributed by atoms with Gasteiger partial charge in [-0.1, -0.05) is 25.5 Å². The van der Waals surface area contributed by atoms with Crippen molar-refractivity contribution in [3.63, 3.8) is 0 Å². The number of hydrogen-bond donors (Lipinski definition) is 1. The highest BCUT2D eigenvalue weighted by Crippen LogP contribution is 2.66. The molecule has 0 bridgehead atoms. The molecule has 0 radical (unpaired) electrons. The highest BCUT2D eigenvalue weighted by atomic mass is 16.3. The van der Waals surface area contributed by atoms with E-state index in [0.29, 0.717) is 17.1 Å². The summed E-state index contributed by atoms with van der Waals surface area (Å²) in [6.45, 7) is 6.70. The lowest BCUT2D eigenvalue weighted by molar-refractivity contribution is -0.127. The topological polar surface area (TPSA) is 37.3 Å². The number of hydrogen-bond acceptors (Lipinski definition) is 2. The molecule has 4 aliphatic carbocycles. The molecule has 0 saturated heterocycles. The van der Waals surface area contributed by atoms with E-state index in [0.717, 1.165) is 43.4 Å². The Morgan fingerprint density at radius 2 is 1.91 bits per heavy atom. The lowest BCUT2D eigenvalue weighted by Crippen LogP contribution is -2.50. The molecule has 3 fully saturated rings. The zero-order valence-corrected chi connectivity index (χ0v) is 15.0. The monoisotopic (exact) mass is 316 g/mol. The predicted octanol–water partition coefficient (Wildman–Crippen LogP) is 4.52. The van der Waals surface area contributed by atoms with Gasteiger partial charge < -0.3 is 5.11 Å². The number of allylic oxidation sites excluding steroid dienone is 1. The van der Waals surface area contributed by atoms with Crippen LogP contribution in [-0.4, -0.2) is 17.0 Å². The van der Waals surface area contributed by atoms with Gasteiger partial charge in [0.2, 0.25) is 0 Å². The Bertz CT molecular complexity index is 550. The van der Waals surface area contributed by atoms with Crippen LogP contribution in [0.1, 0.15) is 72.1 Å². The fourth-order valence-corrected chi connectivity index (χ4v) is 7.31. The van der Waals surface area contributed by atoms with E-state index in [-0.39, 0.29) is 11.5 Å². The van der Waals surface area contributed by atoms with E-state index in [4.69, 9.17) is 0 Å². The first-order chi connectivity index (χ1) is 10.9. The van der Waals surface area contributed by atoms with Crippen molar-refractivity contribution in [1.29, 1.82) is 0 Å². The van der Waals surface area contributed by atoms with Crippen LogP contribution in [0, 0.1) is 34.5 Å². The zero-order valence-electron chi connectivity index (χ0n) is 15.0. The predicted molar refractivity (Wildman–Crippen MR) is 91.9 cm³/mol. The van der Waals surface area contributed by atoms with Gasteiger partial charge in [0, 0.05) is 5.92 Å². The van der Waals surface area contributed by atoms with E-state index in [1.807, 2.05) is 6.92 Å². The maximum atomic E-state index is 12.2. The molecule has 2 nitrogen and oxygen atoms in total. The standard InChI is InChI=1S/C21H32O2/c1-13(22)17-6-7-18-16-5-4-14-12-15(23)8-10-20(14,2)19(16)9-11-21(17,18)3/h4,15-19,23H,5-12H2,1-3H3/t15-,16+,17-,18+,19+,20+,21-/m1/s1. The number of aliphatic hydroxyl groups is 1. The van der Waals surface area contributed by atoms with Crippen LogP contribution in [0.5, 0.6) is 0 Å². The molecule has 23 heavy (non-hydrogen) atoms. The summed E-state index contributed by atoms with van der Waals surface area (Å²) in [7, 11) is 0. The molecule has 0 amide bonds. The van der Waals surface area contributed by atoms with Crippen molar-refractivity contribution in [3.8, 4) is 0 Å². The number of carbonyl (C=O) groups is 1. The third-order valence-corrected chi connectivity index (χ3v) is 8.57. The first-order valence-corrected chi connectivity index (χ1v) is 9.74. The molecule has 1 N–H and O–H groups in total. The lowest BCUT2D eigenvalue weighted by Gasteiger charge is -2.57. The molecule has 0 heterocycles. The molecular weight excluding hydrogens is 284 g/mol. The molecule has 0 unspecified atom stereocenters. The number of ketones is 1. The maximum absolute atomic E-state index is 12.2. The van der Waals surface area contributed by atoms with Gasteiger partial charge in [0.25, 0.3) is 0 Å². The zero-order chi connectivity index (χ0) is 16.4. The third kappa shape index (κ3) is 2.13. The minimum absolute atomic E-state index is 0.117. The van der Waals surface area contributed by atoms with Crippen molar-refractivity contribution in [3.05, 3.63) is 11.6 Å². The van der Waals surface area contributed by atoms with Crippen LogP contribution >= 0.6 is 0 Å². The number of aliphatic hydroxyl groups excluding tert-OH is 1. The molecule has 2 heteroatoms. The van der Waals surface area contributed by atoms with Gasteiger partial charge in [0.05, 0.1) is 6.10 Å². The molecule has 0 spiro atoms. The van der Waals surface area contributed by atoms with Crippen molar-refractivity contribution >= 4 is 5.78 Å². The summed E-state index contributed by atoms with van der Waals surface area (Å²) in [5, 5.41) is 10.1. The second-order valence-electron chi connectivity index (χ2n) is 9.44. The van der Waals surface area contributed by atoms with Crippen LogP contribution in [0.4, 0.5) is 0 Å².